The van der Waals surface area contributed by atoms with Crippen LogP contribution in [0.3, 0.4) is 0 Å². The van der Waals surface area contributed by atoms with Gasteiger partial charge in [-0.25, -0.2) is 0 Å². The molecule has 0 heterocycles. The molecule has 0 saturated heterocycles. The molecule has 1 unspecified atom stereocenters. The molecule has 1 atom stereocenters. The molecule has 2 rings (SSSR count). The highest BCUT2D eigenvalue weighted by Gasteiger charge is 2.18. The highest BCUT2D eigenvalue weighted by atomic mass is 16.2. The van der Waals surface area contributed by atoms with Crippen molar-refractivity contribution in [2.75, 3.05) is 17.3 Å². The Morgan fingerprint density at radius 2 is 1.90 bits per heavy atom. The minimum atomic E-state index is -0.348. The molecule has 4 heteroatoms. The lowest BCUT2D eigenvalue weighted by Gasteiger charge is -2.26. The Bertz CT molecular complexity index is 661. The first-order valence-corrected chi connectivity index (χ1v) is 6.70. The Morgan fingerprint density at radius 1 is 1.19 bits per heavy atom. The van der Waals surface area contributed by atoms with Crippen molar-refractivity contribution in [3.05, 3.63) is 60.2 Å². The van der Waals surface area contributed by atoms with Crippen molar-refractivity contribution in [1.82, 2.24) is 0 Å². The average Bonchev–Trinajstić information content (AvgIpc) is 2.54. The Balaban J connectivity index is 2.09. The number of nitriles is 1. The molecule has 0 aliphatic rings. The van der Waals surface area contributed by atoms with Gasteiger partial charge in [-0.1, -0.05) is 24.3 Å². The van der Waals surface area contributed by atoms with E-state index in [1.807, 2.05) is 61.3 Å². The summed E-state index contributed by atoms with van der Waals surface area (Å²) in [6, 6.07) is 18.3. The van der Waals surface area contributed by atoms with E-state index in [-0.39, 0.29) is 11.9 Å². The second kappa shape index (κ2) is 6.58. The van der Waals surface area contributed by atoms with Gasteiger partial charge in [-0.05, 0) is 37.3 Å². The zero-order valence-electron chi connectivity index (χ0n) is 12.1. The van der Waals surface area contributed by atoms with Crippen LogP contribution in [-0.2, 0) is 4.79 Å². The van der Waals surface area contributed by atoms with Gasteiger partial charge in [0.15, 0.2) is 0 Å². The van der Waals surface area contributed by atoms with Gasteiger partial charge in [-0.3, -0.25) is 4.79 Å². The maximum atomic E-state index is 12.3. The highest BCUT2D eigenvalue weighted by molar-refractivity contribution is 5.96. The lowest BCUT2D eigenvalue weighted by Crippen LogP contribution is -2.39. The van der Waals surface area contributed by atoms with E-state index >= 15 is 0 Å². The van der Waals surface area contributed by atoms with Gasteiger partial charge < -0.3 is 10.2 Å². The largest absolute Gasteiger partial charge is 0.363 e. The first-order chi connectivity index (χ1) is 10.1. The molecule has 0 spiro atoms. The number of nitrogens with zero attached hydrogens (tertiary/aromatic N) is 2. The Hall–Kier alpha value is -2.80. The summed E-state index contributed by atoms with van der Waals surface area (Å²) in [7, 11) is 1.84. The topological polar surface area (TPSA) is 56.1 Å². The predicted molar refractivity (Wildman–Crippen MR) is 84.1 cm³/mol. The van der Waals surface area contributed by atoms with Crippen molar-refractivity contribution in [3.63, 3.8) is 0 Å². The van der Waals surface area contributed by atoms with Crippen LogP contribution in [0.5, 0.6) is 0 Å². The van der Waals surface area contributed by atoms with Gasteiger partial charge in [0.2, 0.25) is 5.91 Å². The van der Waals surface area contributed by atoms with Crippen LogP contribution < -0.4 is 10.2 Å². The maximum Gasteiger partial charge on any atom is 0.246 e. The third kappa shape index (κ3) is 3.61. The molecule has 2 aromatic rings. The minimum absolute atomic E-state index is 0.0916. The van der Waals surface area contributed by atoms with Crippen molar-refractivity contribution < 1.29 is 4.79 Å². The molecular weight excluding hydrogens is 262 g/mol. The molecule has 0 radical (unpaired) electrons. The number of amides is 1. The molecule has 2 aromatic carbocycles. The monoisotopic (exact) mass is 279 g/mol. The second-order valence-corrected chi connectivity index (χ2v) is 4.80. The summed E-state index contributed by atoms with van der Waals surface area (Å²) in [4.78, 5) is 14.1. The summed E-state index contributed by atoms with van der Waals surface area (Å²) in [5.74, 6) is -0.0916. The standard InChI is InChI=1S/C17H17N3O/c1-13(17(21)19-15-8-4-3-5-9-15)20(2)16-10-6-7-14(11-16)12-18/h3-11,13H,1-2H3,(H,19,21). The van der Waals surface area contributed by atoms with E-state index < -0.39 is 0 Å². The van der Waals surface area contributed by atoms with Gasteiger partial charge >= 0.3 is 0 Å². The fourth-order valence-electron chi connectivity index (χ4n) is 1.96. The van der Waals surface area contributed by atoms with E-state index in [2.05, 4.69) is 11.4 Å². The van der Waals surface area contributed by atoms with Crippen molar-refractivity contribution in [2.24, 2.45) is 0 Å². The maximum absolute atomic E-state index is 12.3. The van der Waals surface area contributed by atoms with Crippen LogP contribution in [0.4, 0.5) is 11.4 Å². The normalized spacial score (nSPS) is 11.3. The van der Waals surface area contributed by atoms with E-state index in [0.717, 1.165) is 11.4 Å². The molecule has 0 aliphatic heterocycles. The van der Waals surface area contributed by atoms with Crippen LogP contribution >= 0.6 is 0 Å². The quantitative estimate of drug-likeness (QED) is 0.936. The Morgan fingerprint density at radius 3 is 2.57 bits per heavy atom. The second-order valence-electron chi connectivity index (χ2n) is 4.80. The smallest absolute Gasteiger partial charge is 0.246 e. The highest BCUT2D eigenvalue weighted by Crippen LogP contribution is 2.17. The van der Waals surface area contributed by atoms with Crippen molar-refractivity contribution in [3.8, 4) is 6.07 Å². The molecule has 0 aliphatic carbocycles. The van der Waals surface area contributed by atoms with Gasteiger partial charge in [-0.2, -0.15) is 5.26 Å². The number of nitrogens with one attached hydrogen (secondary N) is 1. The molecule has 1 N–H and O–H groups in total. The summed E-state index contributed by atoms with van der Waals surface area (Å²) in [5, 5.41) is 11.8. The average molecular weight is 279 g/mol. The fraction of sp³-hybridized carbons (Fsp3) is 0.176. The third-order valence-corrected chi connectivity index (χ3v) is 3.38. The Kier molecular flexibility index (Phi) is 4.57. The van der Waals surface area contributed by atoms with Crippen LogP contribution in [0.25, 0.3) is 0 Å². The lowest BCUT2D eigenvalue weighted by molar-refractivity contribution is -0.117. The molecule has 21 heavy (non-hydrogen) atoms. The molecule has 0 saturated carbocycles. The number of benzene rings is 2. The number of para-hydroxylation sites is 1. The van der Waals surface area contributed by atoms with Gasteiger partial charge in [-0.15, -0.1) is 0 Å². The zero-order chi connectivity index (χ0) is 15.2. The summed E-state index contributed by atoms with van der Waals surface area (Å²) < 4.78 is 0. The van der Waals surface area contributed by atoms with Crippen LogP contribution in [0, 0.1) is 11.3 Å². The number of carbonyl (C=O) groups is 1. The summed E-state index contributed by atoms with van der Waals surface area (Å²) >= 11 is 0. The molecule has 0 fully saturated rings. The number of rotatable bonds is 4. The van der Waals surface area contributed by atoms with Crippen LogP contribution in [0.2, 0.25) is 0 Å². The molecule has 0 aromatic heterocycles. The van der Waals surface area contributed by atoms with Gasteiger partial charge in [0.1, 0.15) is 6.04 Å². The van der Waals surface area contributed by atoms with Gasteiger partial charge in [0.05, 0.1) is 11.6 Å². The summed E-state index contributed by atoms with van der Waals surface area (Å²) in [6.45, 7) is 1.83. The van der Waals surface area contributed by atoms with E-state index in [4.69, 9.17) is 5.26 Å². The van der Waals surface area contributed by atoms with Crippen LogP contribution in [0.15, 0.2) is 54.6 Å². The number of likely N-dealkylation sites (N-methyl/N-ethyl adjacent to an activating group) is 1. The fourth-order valence-corrected chi connectivity index (χ4v) is 1.96. The van der Waals surface area contributed by atoms with Crippen molar-refractivity contribution >= 4 is 17.3 Å². The Labute approximate surface area is 124 Å². The van der Waals surface area contributed by atoms with Crippen molar-refractivity contribution in [1.29, 1.82) is 5.26 Å². The van der Waals surface area contributed by atoms with Gasteiger partial charge in [0.25, 0.3) is 0 Å². The molecular formula is C17H17N3O. The van der Waals surface area contributed by atoms with E-state index in [1.165, 1.54) is 0 Å². The number of anilines is 2. The van der Waals surface area contributed by atoms with Crippen LogP contribution in [0.1, 0.15) is 12.5 Å². The first-order valence-electron chi connectivity index (χ1n) is 6.70. The minimum Gasteiger partial charge on any atom is -0.363 e. The first kappa shape index (κ1) is 14.6. The molecule has 106 valence electrons. The van der Waals surface area contributed by atoms with Crippen molar-refractivity contribution in [2.45, 2.75) is 13.0 Å². The molecule has 4 nitrogen and oxygen atoms in total. The van der Waals surface area contributed by atoms with Gasteiger partial charge in [0, 0.05) is 18.4 Å². The third-order valence-electron chi connectivity index (χ3n) is 3.38. The zero-order valence-corrected chi connectivity index (χ0v) is 12.1. The molecule has 0 bridgehead atoms. The number of carbonyl (C=O) groups excluding carboxylic acids is 1. The van der Waals surface area contributed by atoms with E-state index in [1.54, 1.807) is 12.1 Å². The number of hydrogen-bond donors (Lipinski definition) is 1. The summed E-state index contributed by atoms with van der Waals surface area (Å²) in [5.41, 5.74) is 2.19. The van der Waals surface area contributed by atoms with E-state index in [9.17, 15) is 4.79 Å². The molecule has 1 amide bonds. The summed E-state index contributed by atoms with van der Waals surface area (Å²) in [6.07, 6.45) is 0. The predicted octanol–water partition coefficient (Wildman–Crippen LogP) is 3.02. The lowest BCUT2D eigenvalue weighted by atomic mass is 10.1. The van der Waals surface area contributed by atoms with Crippen LogP contribution in [-0.4, -0.2) is 19.0 Å². The SMILES string of the molecule is CC(C(=O)Nc1ccccc1)N(C)c1cccc(C#N)c1. The van der Waals surface area contributed by atoms with E-state index in [0.29, 0.717) is 5.56 Å². The number of hydrogen-bond acceptors (Lipinski definition) is 3.